The molecule has 1 aliphatic rings. The second-order valence-corrected chi connectivity index (χ2v) is 6.55. The van der Waals surface area contributed by atoms with Gasteiger partial charge in [0.05, 0.1) is 0 Å². The first kappa shape index (κ1) is 16.7. The molecule has 5 heteroatoms. The monoisotopic (exact) mass is 308 g/mol. The summed E-state index contributed by atoms with van der Waals surface area (Å²) in [4.78, 5) is 16.8. The molecule has 0 atom stereocenters. The van der Waals surface area contributed by atoms with E-state index in [9.17, 15) is 9.18 Å². The van der Waals surface area contributed by atoms with Gasteiger partial charge >= 0.3 is 0 Å². The van der Waals surface area contributed by atoms with Gasteiger partial charge in [-0.15, -0.1) is 0 Å². The van der Waals surface area contributed by atoms with E-state index in [1.807, 2.05) is 4.90 Å². The Labute approximate surface area is 131 Å². The van der Waals surface area contributed by atoms with Crippen LogP contribution < -0.4 is 4.74 Å². The Hall–Kier alpha value is -1.62. The summed E-state index contributed by atoms with van der Waals surface area (Å²) in [7, 11) is 4.15. The maximum absolute atomic E-state index is 12.9. The van der Waals surface area contributed by atoms with Crippen LogP contribution in [0.5, 0.6) is 5.75 Å². The van der Waals surface area contributed by atoms with E-state index in [4.69, 9.17) is 4.74 Å². The van der Waals surface area contributed by atoms with Crippen molar-refractivity contribution >= 4 is 5.91 Å². The Balaban J connectivity index is 1.97. The average Bonchev–Trinajstić information content (AvgIpc) is 2.48. The Bertz CT molecular complexity index is 506. The van der Waals surface area contributed by atoms with E-state index in [-0.39, 0.29) is 11.7 Å². The normalized spacial score (nSPS) is 16.9. The Kier molecular flexibility index (Phi) is 5.06. The van der Waals surface area contributed by atoms with Crippen molar-refractivity contribution in [3.8, 4) is 5.75 Å². The summed E-state index contributed by atoms with van der Waals surface area (Å²) in [5, 5.41) is 0. The molecule has 1 heterocycles. The molecule has 1 aromatic carbocycles. The highest BCUT2D eigenvalue weighted by molar-refractivity contribution is 5.84. The van der Waals surface area contributed by atoms with Crippen molar-refractivity contribution in [3.63, 3.8) is 0 Å². The third-order valence-corrected chi connectivity index (χ3v) is 4.18. The van der Waals surface area contributed by atoms with Crippen molar-refractivity contribution < 1.29 is 13.9 Å². The van der Waals surface area contributed by atoms with E-state index >= 15 is 0 Å². The SMILES string of the molecule is CN(C)C1CCN(C(=O)C(C)(C)Oc2ccc(F)cc2)CC1. The lowest BCUT2D eigenvalue weighted by Gasteiger charge is -2.38. The van der Waals surface area contributed by atoms with E-state index in [0.29, 0.717) is 11.8 Å². The number of nitrogens with zero attached hydrogens (tertiary/aromatic N) is 2. The van der Waals surface area contributed by atoms with Crippen LogP contribution in [0, 0.1) is 5.82 Å². The van der Waals surface area contributed by atoms with Crippen molar-refractivity contribution in [2.45, 2.75) is 38.3 Å². The number of carbonyl (C=O) groups is 1. The predicted molar refractivity (Wildman–Crippen MR) is 84.4 cm³/mol. The van der Waals surface area contributed by atoms with Crippen LogP contribution in [-0.4, -0.2) is 54.5 Å². The van der Waals surface area contributed by atoms with Gasteiger partial charge < -0.3 is 14.5 Å². The van der Waals surface area contributed by atoms with Gasteiger partial charge in [-0.2, -0.15) is 0 Å². The van der Waals surface area contributed by atoms with Gasteiger partial charge in [0.1, 0.15) is 11.6 Å². The number of hydrogen-bond donors (Lipinski definition) is 0. The number of rotatable bonds is 4. The lowest BCUT2D eigenvalue weighted by Crippen LogP contribution is -2.53. The number of hydrogen-bond acceptors (Lipinski definition) is 3. The second kappa shape index (κ2) is 6.65. The molecule has 1 saturated heterocycles. The maximum Gasteiger partial charge on any atom is 0.266 e. The molecule has 0 saturated carbocycles. The second-order valence-electron chi connectivity index (χ2n) is 6.55. The lowest BCUT2D eigenvalue weighted by molar-refractivity contribution is -0.147. The zero-order valence-corrected chi connectivity index (χ0v) is 13.8. The van der Waals surface area contributed by atoms with Crippen molar-refractivity contribution in [1.29, 1.82) is 0 Å². The first-order valence-corrected chi connectivity index (χ1v) is 7.70. The first-order valence-electron chi connectivity index (χ1n) is 7.70. The third-order valence-electron chi connectivity index (χ3n) is 4.18. The van der Waals surface area contributed by atoms with Crippen LogP contribution in [0.25, 0.3) is 0 Å². The van der Waals surface area contributed by atoms with Crippen LogP contribution >= 0.6 is 0 Å². The fourth-order valence-corrected chi connectivity index (χ4v) is 2.81. The average molecular weight is 308 g/mol. The van der Waals surface area contributed by atoms with Crippen LogP contribution in [0.15, 0.2) is 24.3 Å². The number of amides is 1. The molecule has 0 unspecified atom stereocenters. The predicted octanol–water partition coefficient (Wildman–Crippen LogP) is 2.54. The topological polar surface area (TPSA) is 32.8 Å². The van der Waals surface area contributed by atoms with E-state index in [1.165, 1.54) is 12.1 Å². The number of halogens is 1. The molecule has 0 spiro atoms. The van der Waals surface area contributed by atoms with Gasteiger partial charge in [-0.05, 0) is 65.0 Å². The minimum Gasteiger partial charge on any atom is -0.478 e. The molecule has 0 bridgehead atoms. The smallest absolute Gasteiger partial charge is 0.266 e. The molecule has 4 nitrogen and oxygen atoms in total. The van der Waals surface area contributed by atoms with Crippen molar-refractivity contribution in [2.24, 2.45) is 0 Å². The van der Waals surface area contributed by atoms with Crippen LogP contribution in [0.1, 0.15) is 26.7 Å². The van der Waals surface area contributed by atoms with Crippen LogP contribution in [0.2, 0.25) is 0 Å². The molecular formula is C17H25FN2O2. The number of benzene rings is 1. The van der Waals surface area contributed by atoms with Gasteiger partial charge in [-0.1, -0.05) is 0 Å². The highest BCUT2D eigenvalue weighted by Gasteiger charge is 2.36. The molecule has 1 aromatic rings. The summed E-state index contributed by atoms with van der Waals surface area (Å²) in [6, 6.07) is 6.28. The standard InChI is InChI=1S/C17H25FN2O2/c1-17(2,22-15-7-5-13(18)6-8-15)16(21)20-11-9-14(10-12-20)19(3)4/h5-8,14H,9-12H2,1-4H3. The van der Waals surface area contributed by atoms with Gasteiger partial charge in [0, 0.05) is 19.1 Å². The Morgan fingerprint density at radius 1 is 1.23 bits per heavy atom. The Morgan fingerprint density at radius 3 is 2.27 bits per heavy atom. The minimum absolute atomic E-state index is 0.0194. The summed E-state index contributed by atoms with van der Waals surface area (Å²) in [5.41, 5.74) is -0.956. The summed E-state index contributed by atoms with van der Waals surface area (Å²) in [6.07, 6.45) is 1.96. The number of likely N-dealkylation sites (tertiary alicyclic amines) is 1. The fraction of sp³-hybridized carbons (Fsp3) is 0.588. The number of piperidine rings is 1. The Morgan fingerprint density at radius 2 is 1.77 bits per heavy atom. The molecule has 1 amide bonds. The summed E-state index contributed by atoms with van der Waals surface area (Å²) >= 11 is 0. The van der Waals surface area contributed by atoms with Crippen molar-refractivity contribution in [1.82, 2.24) is 9.80 Å². The van der Waals surface area contributed by atoms with Crippen LogP contribution in [-0.2, 0) is 4.79 Å². The summed E-state index contributed by atoms with van der Waals surface area (Å²) in [6.45, 7) is 5.02. The van der Waals surface area contributed by atoms with Crippen molar-refractivity contribution in [2.75, 3.05) is 27.2 Å². The summed E-state index contributed by atoms with van der Waals surface area (Å²) < 4.78 is 18.7. The lowest BCUT2D eigenvalue weighted by atomic mass is 10.0. The van der Waals surface area contributed by atoms with Gasteiger partial charge in [0.25, 0.3) is 5.91 Å². The molecule has 22 heavy (non-hydrogen) atoms. The van der Waals surface area contributed by atoms with Gasteiger partial charge in [0.2, 0.25) is 0 Å². The highest BCUT2D eigenvalue weighted by Crippen LogP contribution is 2.23. The third kappa shape index (κ3) is 3.97. The van der Waals surface area contributed by atoms with Crippen LogP contribution in [0.4, 0.5) is 4.39 Å². The molecule has 1 aliphatic heterocycles. The molecular weight excluding hydrogens is 283 g/mol. The molecule has 122 valence electrons. The quantitative estimate of drug-likeness (QED) is 0.857. The zero-order valence-electron chi connectivity index (χ0n) is 13.8. The van der Waals surface area contributed by atoms with Gasteiger partial charge in [-0.3, -0.25) is 4.79 Å². The van der Waals surface area contributed by atoms with Crippen molar-refractivity contribution in [3.05, 3.63) is 30.1 Å². The van der Waals surface area contributed by atoms with E-state index in [2.05, 4.69) is 19.0 Å². The molecule has 2 rings (SSSR count). The molecule has 0 N–H and O–H groups in total. The van der Waals surface area contributed by atoms with Gasteiger partial charge in [0.15, 0.2) is 5.60 Å². The molecule has 0 aromatic heterocycles. The van der Waals surface area contributed by atoms with Crippen LogP contribution in [0.3, 0.4) is 0 Å². The zero-order chi connectivity index (χ0) is 16.3. The summed E-state index contributed by atoms with van der Waals surface area (Å²) in [5.74, 6) is 0.166. The maximum atomic E-state index is 12.9. The molecule has 0 aliphatic carbocycles. The van der Waals surface area contributed by atoms with E-state index in [0.717, 1.165) is 25.9 Å². The highest BCUT2D eigenvalue weighted by atomic mass is 19.1. The molecule has 1 fully saturated rings. The van der Waals surface area contributed by atoms with E-state index < -0.39 is 5.60 Å². The fourth-order valence-electron chi connectivity index (χ4n) is 2.81. The van der Waals surface area contributed by atoms with E-state index in [1.54, 1.807) is 26.0 Å². The first-order chi connectivity index (χ1) is 10.3. The number of carbonyl (C=O) groups excluding carboxylic acids is 1. The molecule has 0 radical (unpaired) electrons. The largest absolute Gasteiger partial charge is 0.478 e. The minimum atomic E-state index is -0.956. The number of ether oxygens (including phenoxy) is 1. The van der Waals surface area contributed by atoms with Gasteiger partial charge in [-0.25, -0.2) is 4.39 Å².